The van der Waals surface area contributed by atoms with Crippen molar-refractivity contribution < 1.29 is 24.0 Å². The minimum Gasteiger partial charge on any atom is -0.356 e. The molecule has 0 aromatic carbocycles. The number of hydrogen-bond acceptors (Lipinski definition) is 5. The molecule has 0 aliphatic heterocycles. The Hall–Kier alpha value is -2.45. The molecule has 9 nitrogen and oxygen atoms in total. The number of nitrogens with one attached hydrogen (secondary N) is 4. The Balaban J connectivity index is -0.00000402. The zero-order chi connectivity index (χ0) is 34.0. The van der Waals surface area contributed by atoms with Crippen LogP contribution in [0, 0.1) is 0 Å². The molecule has 0 rings (SSSR count). The third-order valence-corrected chi connectivity index (χ3v) is 6.96. The van der Waals surface area contributed by atoms with Crippen LogP contribution in [0.5, 0.6) is 0 Å². The zero-order valence-electron chi connectivity index (χ0n) is 29.8. The summed E-state index contributed by atoms with van der Waals surface area (Å²) < 4.78 is 0. The van der Waals surface area contributed by atoms with Crippen molar-refractivity contribution in [2.45, 2.75) is 183 Å². The van der Waals surface area contributed by atoms with Crippen molar-refractivity contribution in [2.24, 2.45) is 0 Å². The molecule has 2 unspecified atom stereocenters. The Morgan fingerprint density at radius 1 is 0.477 bits per heavy atom. The van der Waals surface area contributed by atoms with E-state index in [-0.39, 0.29) is 29.4 Å². The van der Waals surface area contributed by atoms with E-state index in [1.54, 1.807) is 0 Å². The summed E-state index contributed by atoms with van der Waals surface area (Å²) in [5.74, 6) is -0.537. The fourth-order valence-corrected chi connectivity index (χ4v) is 4.37. The van der Waals surface area contributed by atoms with Gasteiger partial charge in [0.05, 0.1) is 6.04 Å². The maximum absolute atomic E-state index is 13.1. The second-order valence-electron chi connectivity index (χ2n) is 10.9. The second kappa shape index (κ2) is 35.0. The first-order valence-electron chi connectivity index (χ1n) is 17.9. The molecule has 9 heteroatoms. The molecule has 0 heterocycles. The van der Waals surface area contributed by atoms with Gasteiger partial charge in [0.2, 0.25) is 23.6 Å². The largest absolute Gasteiger partial charge is 0.356 e. The second-order valence-corrected chi connectivity index (χ2v) is 10.9. The van der Waals surface area contributed by atoms with Crippen LogP contribution in [0.4, 0.5) is 0 Å². The van der Waals surface area contributed by atoms with Crippen molar-refractivity contribution in [3.05, 3.63) is 0 Å². The maximum atomic E-state index is 13.1. The van der Waals surface area contributed by atoms with Gasteiger partial charge in [-0.1, -0.05) is 87.0 Å². The van der Waals surface area contributed by atoms with Gasteiger partial charge in [0.15, 0.2) is 5.78 Å². The van der Waals surface area contributed by atoms with Crippen molar-refractivity contribution in [1.29, 1.82) is 0 Å². The highest BCUT2D eigenvalue weighted by Gasteiger charge is 2.24. The number of amides is 4. The van der Waals surface area contributed by atoms with E-state index in [0.717, 1.165) is 64.2 Å². The zero-order valence-corrected chi connectivity index (χ0v) is 29.8. The first kappa shape index (κ1) is 46.0. The average Bonchev–Trinajstić information content (AvgIpc) is 3.01. The molecule has 2 atom stereocenters. The van der Waals surface area contributed by atoms with Crippen LogP contribution < -0.4 is 21.3 Å². The number of Topliss-reactive ketones (excluding diaryl/α,β-unsaturated/α-hetero) is 1. The van der Waals surface area contributed by atoms with Gasteiger partial charge in [0.1, 0.15) is 6.04 Å². The first-order chi connectivity index (χ1) is 21.2. The molecule has 4 N–H and O–H groups in total. The van der Waals surface area contributed by atoms with Gasteiger partial charge in [-0.15, -0.1) is 0 Å². The number of unbranched alkanes of at least 4 members (excludes halogenated alkanes) is 8. The number of carbonyl (C=O) groups is 5. The van der Waals surface area contributed by atoms with Crippen LogP contribution in [-0.4, -0.2) is 54.6 Å². The minimum absolute atomic E-state index is 0.0485. The van der Waals surface area contributed by atoms with Gasteiger partial charge in [-0.05, 0) is 64.7 Å². The highest BCUT2D eigenvalue weighted by molar-refractivity contribution is 5.92. The SMILES string of the molecule is CC.CC.CCCCCC(=O)NCCCCC(NC(=O)C(CCCCNC(=O)CCCCC)NC(=O)CCCCC)C(C)=O. The summed E-state index contributed by atoms with van der Waals surface area (Å²) >= 11 is 0. The van der Waals surface area contributed by atoms with Crippen LogP contribution in [0.1, 0.15) is 171 Å². The standard InChI is InChI=1S/C31H58N4O5.2C2H6/c1-5-8-11-20-28(37)32-23-16-14-18-26(25(4)36)35-31(40)27(34-30(39)22-13-10-7-3)19-15-17-24-33-29(38)21-12-9-6-2;2*1-2/h26-27H,5-24H2,1-4H3,(H,32,37)(H,33,38)(H,34,39)(H,35,40);2*1-2H3. The fourth-order valence-electron chi connectivity index (χ4n) is 4.37. The molecule has 0 spiro atoms. The molecule has 0 radical (unpaired) electrons. The Kier molecular flexibility index (Phi) is 36.6. The lowest BCUT2D eigenvalue weighted by Gasteiger charge is -2.22. The first-order valence-corrected chi connectivity index (χ1v) is 17.9. The summed E-state index contributed by atoms with van der Waals surface area (Å²) in [6, 6.07) is -1.35. The van der Waals surface area contributed by atoms with Crippen LogP contribution >= 0.6 is 0 Å². The van der Waals surface area contributed by atoms with Crippen molar-refractivity contribution in [3.8, 4) is 0 Å². The average molecular weight is 627 g/mol. The van der Waals surface area contributed by atoms with Gasteiger partial charge in [-0.3, -0.25) is 24.0 Å². The summed E-state index contributed by atoms with van der Waals surface area (Å²) in [5.41, 5.74) is 0. The number of ketones is 1. The molecule has 0 aliphatic rings. The molecule has 0 bridgehead atoms. The third-order valence-electron chi connectivity index (χ3n) is 6.96. The van der Waals surface area contributed by atoms with Gasteiger partial charge in [0.25, 0.3) is 0 Å². The van der Waals surface area contributed by atoms with E-state index in [0.29, 0.717) is 64.5 Å². The summed E-state index contributed by atoms with van der Waals surface area (Å²) in [4.78, 5) is 61.7. The molecule has 0 fully saturated rings. The predicted octanol–water partition coefficient (Wildman–Crippen LogP) is 6.91. The van der Waals surface area contributed by atoms with Crippen molar-refractivity contribution >= 4 is 29.4 Å². The topological polar surface area (TPSA) is 133 Å². The molecule has 0 aromatic heterocycles. The number of hydrogen-bond donors (Lipinski definition) is 4. The minimum atomic E-state index is -0.723. The predicted molar refractivity (Wildman–Crippen MR) is 183 cm³/mol. The van der Waals surface area contributed by atoms with Gasteiger partial charge in [0, 0.05) is 32.4 Å². The van der Waals surface area contributed by atoms with Crippen LogP contribution in [0.3, 0.4) is 0 Å². The number of rotatable bonds is 26. The van der Waals surface area contributed by atoms with Crippen LogP contribution in [0.25, 0.3) is 0 Å². The lowest BCUT2D eigenvalue weighted by Crippen LogP contribution is -2.51. The lowest BCUT2D eigenvalue weighted by molar-refractivity contribution is -0.131. The highest BCUT2D eigenvalue weighted by Crippen LogP contribution is 2.08. The van der Waals surface area contributed by atoms with Crippen LogP contribution in [-0.2, 0) is 24.0 Å². The van der Waals surface area contributed by atoms with E-state index >= 15 is 0 Å². The molecule has 0 aliphatic carbocycles. The van der Waals surface area contributed by atoms with E-state index in [1.807, 2.05) is 27.7 Å². The van der Waals surface area contributed by atoms with Gasteiger partial charge < -0.3 is 21.3 Å². The van der Waals surface area contributed by atoms with E-state index in [4.69, 9.17) is 0 Å². The van der Waals surface area contributed by atoms with Crippen LogP contribution in [0.15, 0.2) is 0 Å². The smallest absolute Gasteiger partial charge is 0.243 e. The van der Waals surface area contributed by atoms with Crippen molar-refractivity contribution in [3.63, 3.8) is 0 Å². The molecule has 0 saturated heterocycles. The monoisotopic (exact) mass is 627 g/mol. The molecule has 4 amide bonds. The van der Waals surface area contributed by atoms with E-state index in [2.05, 4.69) is 42.0 Å². The highest BCUT2D eigenvalue weighted by atomic mass is 16.2. The Morgan fingerprint density at radius 3 is 1.25 bits per heavy atom. The third kappa shape index (κ3) is 29.6. The Labute approximate surface area is 270 Å². The molecular weight excluding hydrogens is 556 g/mol. The van der Waals surface area contributed by atoms with E-state index < -0.39 is 12.1 Å². The summed E-state index contributed by atoms with van der Waals surface area (Å²) in [7, 11) is 0. The van der Waals surface area contributed by atoms with Gasteiger partial charge in [-0.25, -0.2) is 0 Å². The van der Waals surface area contributed by atoms with E-state index in [9.17, 15) is 24.0 Å². The summed E-state index contributed by atoms with van der Waals surface area (Å²) in [5, 5.41) is 11.6. The van der Waals surface area contributed by atoms with E-state index in [1.165, 1.54) is 6.92 Å². The quantitative estimate of drug-likeness (QED) is 0.0774. The van der Waals surface area contributed by atoms with Gasteiger partial charge in [-0.2, -0.15) is 0 Å². The summed E-state index contributed by atoms with van der Waals surface area (Å²) in [6.07, 6.45) is 13.9. The fraction of sp³-hybridized carbons (Fsp3) is 0.857. The van der Waals surface area contributed by atoms with Crippen molar-refractivity contribution in [2.75, 3.05) is 13.1 Å². The number of carbonyl (C=O) groups excluding carboxylic acids is 5. The Morgan fingerprint density at radius 2 is 0.864 bits per heavy atom. The van der Waals surface area contributed by atoms with Crippen LogP contribution in [0.2, 0.25) is 0 Å². The van der Waals surface area contributed by atoms with Gasteiger partial charge >= 0.3 is 0 Å². The summed E-state index contributed by atoms with van der Waals surface area (Å²) in [6.45, 7) is 16.8. The molecule has 44 heavy (non-hydrogen) atoms. The molecule has 0 saturated carbocycles. The molecule has 260 valence electrons. The molecular formula is C35H70N4O5. The normalized spacial score (nSPS) is 11.5. The van der Waals surface area contributed by atoms with Crippen molar-refractivity contribution in [1.82, 2.24) is 21.3 Å². The molecule has 0 aromatic rings. The Bertz CT molecular complexity index is 730. The maximum Gasteiger partial charge on any atom is 0.243 e. The lowest BCUT2D eigenvalue weighted by atomic mass is 10.0.